The zero-order valence-corrected chi connectivity index (χ0v) is 10.3. The highest BCUT2D eigenvalue weighted by Crippen LogP contribution is 2.29. The van der Waals surface area contributed by atoms with Gasteiger partial charge in [-0.05, 0) is 30.7 Å². The Balaban J connectivity index is 2.12. The molecule has 1 aliphatic heterocycles. The maximum atomic E-state index is 12.7. The van der Waals surface area contributed by atoms with Crippen LogP contribution >= 0.6 is 15.9 Å². The van der Waals surface area contributed by atoms with Crippen molar-refractivity contribution in [3.8, 4) is 0 Å². The first kappa shape index (κ1) is 11.8. The fraction of sp³-hybridized carbons (Fsp3) is 0.455. The van der Waals surface area contributed by atoms with E-state index in [4.69, 9.17) is 5.73 Å². The fourth-order valence-corrected chi connectivity index (χ4v) is 2.17. The van der Waals surface area contributed by atoms with Crippen LogP contribution in [0.15, 0.2) is 28.7 Å². The zero-order chi connectivity index (χ0) is 11.8. The maximum Gasteiger partial charge on any atom is 0.258 e. The summed E-state index contributed by atoms with van der Waals surface area (Å²) in [5.41, 5.74) is 5.25. The van der Waals surface area contributed by atoms with Crippen molar-refractivity contribution in [3.05, 3.63) is 28.7 Å². The van der Waals surface area contributed by atoms with Gasteiger partial charge in [0, 0.05) is 23.2 Å². The molecule has 16 heavy (non-hydrogen) atoms. The van der Waals surface area contributed by atoms with Gasteiger partial charge in [0.15, 0.2) is 0 Å². The molecular weight excluding hydrogens is 278 g/mol. The van der Waals surface area contributed by atoms with Gasteiger partial charge >= 0.3 is 0 Å². The van der Waals surface area contributed by atoms with Gasteiger partial charge in [-0.2, -0.15) is 0 Å². The van der Waals surface area contributed by atoms with Crippen LogP contribution in [0.2, 0.25) is 0 Å². The molecule has 0 bridgehead atoms. The summed E-state index contributed by atoms with van der Waals surface area (Å²) in [5.74, 6) is 0. The van der Waals surface area contributed by atoms with Crippen LogP contribution in [0.5, 0.6) is 0 Å². The van der Waals surface area contributed by atoms with E-state index in [1.165, 1.54) is 0 Å². The summed E-state index contributed by atoms with van der Waals surface area (Å²) in [6.07, 6.45) is -2.13. The molecule has 1 aliphatic rings. The van der Waals surface area contributed by atoms with E-state index in [0.717, 1.165) is 10.2 Å². The summed E-state index contributed by atoms with van der Waals surface area (Å²) in [4.78, 5) is 1.90. The molecule has 1 saturated heterocycles. The third-order valence-electron chi connectivity index (χ3n) is 2.96. The summed E-state index contributed by atoms with van der Waals surface area (Å²) in [6.45, 7) is 0.800. The van der Waals surface area contributed by atoms with Crippen LogP contribution in [-0.2, 0) is 0 Å². The van der Waals surface area contributed by atoms with E-state index < -0.39 is 12.0 Å². The van der Waals surface area contributed by atoms with Crippen LogP contribution in [0.25, 0.3) is 0 Å². The topological polar surface area (TPSA) is 29.3 Å². The molecule has 1 aromatic rings. The van der Waals surface area contributed by atoms with Crippen LogP contribution in [-0.4, -0.2) is 25.1 Å². The molecule has 88 valence electrons. The van der Waals surface area contributed by atoms with Gasteiger partial charge in [-0.1, -0.05) is 15.9 Å². The van der Waals surface area contributed by atoms with Gasteiger partial charge in [0.2, 0.25) is 0 Å². The van der Waals surface area contributed by atoms with E-state index in [0.29, 0.717) is 13.0 Å². The van der Waals surface area contributed by atoms with Crippen molar-refractivity contribution in [1.82, 2.24) is 0 Å². The van der Waals surface area contributed by atoms with Gasteiger partial charge < -0.3 is 10.6 Å². The predicted molar refractivity (Wildman–Crippen MR) is 63.9 cm³/mol. The second-order valence-corrected chi connectivity index (χ2v) is 5.10. The average molecular weight is 291 g/mol. The van der Waals surface area contributed by atoms with Crippen molar-refractivity contribution in [2.45, 2.75) is 18.4 Å². The number of benzene rings is 1. The summed E-state index contributed by atoms with van der Waals surface area (Å²) in [6, 6.07) is 7.60. The summed E-state index contributed by atoms with van der Waals surface area (Å²) >= 11 is 3.34. The molecule has 2 N–H and O–H groups in total. The second-order valence-electron chi connectivity index (χ2n) is 4.18. The number of rotatable bonds is 2. The molecule has 1 unspecified atom stereocenters. The molecule has 0 spiro atoms. The van der Waals surface area contributed by atoms with Crippen LogP contribution in [0.3, 0.4) is 0 Å². The quantitative estimate of drug-likeness (QED) is 0.907. The van der Waals surface area contributed by atoms with Gasteiger partial charge in [0.05, 0.1) is 5.54 Å². The van der Waals surface area contributed by atoms with E-state index in [9.17, 15) is 8.78 Å². The number of nitrogens with zero attached hydrogens (tertiary/aromatic N) is 1. The highest BCUT2D eigenvalue weighted by Gasteiger charge is 2.42. The highest BCUT2D eigenvalue weighted by atomic mass is 79.9. The van der Waals surface area contributed by atoms with Crippen LogP contribution in [0.1, 0.15) is 6.42 Å². The van der Waals surface area contributed by atoms with Crippen molar-refractivity contribution in [2.75, 3.05) is 18.0 Å². The molecule has 1 aromatic carbocycles. The first-order chi connectivity index (χ1) is 7.51. The maximum absolute atomic E-state index is 12.7. The van der Waals surface area contributed by atoms with Gasteiger partial charge in [0.25, 0.3) is 6.43 Å². The zero-order valence-electron chi connectivity index (χ0n) is 8.67. The number of nitrogens with two attached hydrogens (primary N) is 1. The molecule has 2 rings (SSSR count). The number of anilines is 1. The van der Waals surface area contributed by atoms with Crippen molar-refractivity contribution in [2.24, 2.45) is 5.73 Å². The Morgan fingerprint density at radius 1 is 1.31 bits per heavy atom. The van der Waals surface area contributed by atoms with Gasteiger partial charge in [-0.15, -0.1) is 0 Å². The molecular formula is C11H13BrF2N2. The first-order valence-electron chi connectivity index (χ1n) is 5.09. The lowest BCUT2D eigenvalue weighted by molar-refractivity contribution is 0.0655. The lowest BCUT2D eigenvalue weighted by Crippen LogP contribution is -2.49. The van der Waals surface area contributed by atoms with E-state index in [1.807, 2.05) is 29.2 Å². The van der Waals surface area contributed by atoms with Crippen LogP contribution in [0.4, 0.5) is 14.5 Å². The molecule has 0 saturated carbocycles. The summed E-state index contributed by atoms with van der Waals surface area (Å²) in [7, 11) is 0. The summed E-state index contributed by atoms with van der Waals surface area (Å²) in [5, 5.41) is 0. The largest absolute Gasteiger partial charge is 0.369 e. The van der Waals surface area contributed by atoms with E-state index in [2.05, 4.69) is 15.9 Å². The third-order valence-corrected chi connectivity index (χ3v) is 3.49. The number of hydrogen-bond acceptors (Lipinski definition) is 2. The molecule has 1 fully saturated rings. The Bertz CT molecular complexity index is 369. The smallest absolute Gasteiger partial charge is 0.258 e. The summed E-state index contributed by atoms with van der Waals surface area (Å²) < 4.78 is 26.4. The minimum absolute atomic E-state index is 0.215. The SMILES string of the molecule is NC1(C(F)F)CCN(c2ccc(Br)cc2)C1. The molecule has 0 aromatic heterocycles. The van der Waals surface area contributed by atoms with Crippen molar-refractivity contribution in [3.63, 3.8) is 0 Å². The number of halogens is 3. The van der Waals surface area contributed by atoms with Crippen molar-refractivity contribution >= 4 is 21.6 Å². The Kier molecular flexibility index (Phi) is 3.17. The van der Waals surface area contributed by atoms with Crippen LogP contribution < -0.4 is 10.6 Å². The van der Waals surface area contributed by atoms with Crippen molar-refractivity contribution in [1.29, 1.82) is 0 Å². The highest BCUT2D eigenvalue weighted by molar-refractivity contribution is 9.10. The fourth-order valence-electron chi connectivity index (χ4n) is 1.91. The third kappa shape index (κ3) is 2.20. The molecule has 2 nitrogen and oxygen atoms in total. The Morgan fingerprint density at radius 2 is 1.94 bits per heavy atom. The Labute approximate surface area is 102 Å². The lowest BCUT2D eigenvalue weighted by atomic mass is 10.0. The van der Waals surface area contributed by atoms with Crippen LogP contribution in [0, 0.1) is 0 Å². The standard InChI is InChI=1S/C11H13BrF2N2/c12-8-1-3-9(4-2-8)16-6-5-11(15,7-16)10(13)14/h1-4,10H,5-7,15H2. The number of alkyl halides is 2. The van der Waals surface area contributed by atoms with E-state index in [-0.39, 0.29) is 6.54 Å². The van der Waals surface area contributed by atoms with Gasteiger partial charge in [-0.25, -0.2) is 8.78 Å². The lowest BCUT2D eigenvalue weighted by Gasteiger charge is -2.24. The molecule has 0 radical (unpaired) electrons. The molecule has 1 heterocycles. The monoisotopic (exact) mass is 290 g/mol. The van der Waals surface area contributed by atoms with E-state index >= 15 is 0 Å². The molecule has 1 atom stereocenters. The molecule has 5 heteroatoms. The second kappa shape index (κ2) is 4.30. The number of hydrogen-bond donors (Lipinski definition) is 1. The predicted octanol–water partition coefficient (Wildman–Crippen LogP) is 2.62. The Morgan fingerprint density at radius 3 is 2.44 bits per heavy atom. The normalized spacial score (nSPS) is 25.4. The molecule has 0 aliphatic carbocycles. The van der Waals surface area contributed by atoms with E-state index in [1.54, 1.807) is 0 Å². The minimum atomic E-state index is -2.46. The first-order valence-corrected chi connectivity index (χ1v) is 5.88. The average Bonchev–Trinajstić information content (AvgIpc) is 2.63. The molecule has 0 amide bonds. The van der Waals surface area contributed by atoms with Crippen molar-refractivity contribution < 1.29 is 8.78 Å². The van der Waals surface area contributed by atoms with Gasteiger partial charge in [0.1, 0.15) is 0 Å². The minimum Gasteiger partial charge on any atom is -0.369 e. The Hall–Kier alpha value is -0.680. The van der Waals surface area contributed by atoms with Gasteiger partial charge in [-0.3, -0.25) is 0 Å².